The third-order valence-corrected chi connectivity index (χ3v) is 5.90. The Balaban J connectivity index is 1.33. The number of likely N-dealkylation sites (tertiary alicyclic amines) is 1. The monoisotopic (exact) mass is 355 g/mol. The van der Waals surface area contributed by atoms with Gasteiger partial charge in [0, 0.05) is 47.8 Å². The van der Waals surface area contributed by atoms with Crippen molar-refractivity contribution in [3.8, 4) is 0 Å². The molecule has 5 rings (SSSR count). The van der Waals surface area contributed by atoms with Crippen molar-refractivity contribution in [2.45, 2.75) is 63.8 Å². The van der Waals surface area contributed by atoms with Crippen molar-refractivity contribution < 1.29 is 4.74 Å². The van der Waals surface area contributed by atoms with Gasteiger partial charge in [0.15, 0.2) is 0 Å². The lowest BCUT2D eigenvalue weighted by Crippen LogP contribution is -2.37. The van der Waals surface area contributed by atoms with E-state index in [4.69, 9.17) is 4.74 Å². The number of H-pyrrole nitrogens is 1. The molecule has 2 aromatic heterocycles. The van der Waals surface area contributed by atoms with Crippen LogP contribution in [0.2, 0.25) is 0 Å². The van der Waals surface area contributed by atoms with Crippen LogP contribution in [-0.4, -0.2) is 44.1 Å². The van der Waals surface area contributed by atoms with E-state index >= 15 is 0 Å². The summed E-state index contributed by atoms with van der Waals surface area (Å²) in [4.78, 5) is 15.0. The van der Waals surface area contributed by atoms with Gasteiger partial charge >= 0.3 is 0 Å². The number of ether oxygens (including phenoxy) is 1. The predicted octanol–water partition coefficient (Wildman–Crippen LogP) is 1.58. The van der Waals surface area contributed by atoms with E-state index in [0.29, 0.717) is 31.7 Å². The fourth-order valence-corrected chi connectivity index (χ4v) is 4.28. The Morgan fingerprint density at radius 1 is 1.31 bits per heavy atom. The molecule has 3 aliphatic rings. The highest BCUT2D eigenvalue weighted by atomic mass is 16.5. The Hall–Kier alpha value is -1.99. The van der Waals surface area contributed by atoms with Crippen LogP contribution < -0.4 is 5.56 Å². The van der Waals surface area contributed by atoms with Gasteiger partial charge in [-0.2, -0.15) is 10.2 Å². The highest BCUT2D eigenvalue weighted by Gasteiger charge is 2.31. The molecule has 0 aromatic carbocycles. The summed E-state index contributed by atoms with van der Waals surface area (Å²) in [6, 6.07) is 2.07. The van der Waals surface area contributed by atoms with Crippen LogP contribution >= 0.6 is 0 Å². The fourth-order valence-electron chi connectivity index (χ4n) is 4.28. The second-order valence-electron chi connectivity index (χ2n) is 7.79. The molecule has 1 atom stereocenters. The van der Waals surface area contributed by atoms with Crippen LogP contribution in [-0.2, 0) is 30.9 Å². The normalized spacial score (nSPS) is 23.3. The molecule has 2 aliphatic heterocycles. The van der Waals surface area contributed by atoms with Crippen molar-refractivity contribution in [1.29, 1.82) is 0 Å². The molecule has 7 nitrogen and oxygen atoms in total. The van der Waals surface area contributed by atoms with E-state index in [-0.39, 0.29) is 5.56 Å². The van der Waals surface area contributed by atoms with Gasteiger partial charge in [-0.3, -0.25) is 14.8 Å². The van der Waals surface area contributed by atoms with Gasteiger partial charge < -0.3 is 4.74 Å². The standard InChI is InChI=1S/C19H25N5O2/c25-18-8-14-12-26-7-5-17(14)22-24(18)11-16-2-1-6-23(16)10-15-9-20-21-19(15)13-3-4-13/h8-9,13,16H,1-7,10-12H2,(H,20,21). The lowest BCUT2D eigenvalue weighted by Gasteiger charge is -2.25. The summed E-state index contributed by atoms with van der Waals surface area (Å²) in [5, 5.41) is 12.1. The van der Waals surface area contributed by atoms with Crippen LogP contribution in [0.15, 0.2) is 17.1 Å². The average molecular weight is 355 g/mol. The minimum absolute atomic E-state index is 0.0110. The first-order chi connectivity index (χ1) is 12.8. The maximum Gasteiger partial charge on any atom is 0.267 e. The summed E-state index contributed by atoms with van der Waals surface area (Å²) in [7, 11) is 0. The van der Waals surface area contributed by atoms with Crippen molar-refractivity contribution in [3.05, 3.63) is 45.1 Å². The molecule has 26 heavy (non-hydrogen) atoms. The van der Waals surface area contributed by atoms with Crippen LogP contribution in [0.1, 0.15) is 54.1 Å². The zero-order valence-corrected chi connectivity index (χ0v) is 15.0. The van der Waals surface area contributed by atoms with Crippen LogP contribution in [0.3, 0.4) is 0 Å². The van der Waals surface area contributed by atoms with Crippen LogP contribution in [0.25, 0.3) is 0 Å². The molecule has 0 amide bonds. The van der Waals surface area contributed by atoms with Crippen molar-refractivity contribution in [2.24, 2.45) is 0 Å². The first-order valence-electron chi connectivity index (χ1n) is 9.72. The summed E-state index contributed by atoms with van der Waals surface area (Å²) in [6.07, 6.45) is 7.61. The van der Waals surface area contributed by atoms with Gasteiger partial charge in [0.1, 0.15) is 0 Å². The van der Waals surface area contributed by atoms with E-state index in [0.717, 1.165) is 37.2 Å². The van der Waals surface area contributed by atoms with Crippen LogP contribution in [0, 0.1) is 0 Å². The Kier molecular flexibility index (Phi) is 4.13. The second-order valence-corrected chi connectivity index (χ2v) is 7.79. The minimum atomic E-state index is -0.0110. The van der Waals surface area contributed by atoms with E-state index in [1.165, 1.54) is 30.5 Å². The fraction of sp³-hybridized carbons (Fsp3) is 0.632. The average Bonchev–Trinajstić information content (AvgIpc) is 3.23. The van der Waals surface area contributed by atoms with Gasteiger partial charge in [0.2, 0.25) is 0 Å². The van der Waals surface area contributed by atoms with E-state index in [1.807, 2.05) is 6.20 Å². The minimum Gasteiger partial charge on any atom is -0.376 e. The molecule has 4 heterocycles. The van der Waals surface area contributed by atoms with Crippen LogP contribution in [0.5, 0.6) is 0 Å². The van der Waals surface area contributed by atoms with Gasteiger partial charge in [-0.05, 0) is 32.2 Å². The molecule has 2 aromatic rings. The van der Waals surface area contributed by atoms with Crippen LogP contribution in [0.4, 0.5) is 0 Å². The highest BCUT2D eigenvalue weighted by molar-refractivity contribution is 5.24. The summed E-state index contributed by atoms with van der Waals surface area (Å²) in [5.74, 6) is 0.681. The molecule has 0 bridgehead atoms. The SMILES string of the molecule is O=c1cc2c(nn1CC1CCCN1Cc1cn[nH]c1C1CC1)CCOC2. The summed E-state index contributed by atoms with van der Waals surface area (Å²) < 4.78 is 7.10. The van der Waals surface area contributed by atoms with Gasteiger partial charge in [-0.1, -0.05) is 0 Å². The van der Waals surface area contributed by atoms with Gasteiger partial charge in [0.25, 0.3) is 5.56 Å². The van der Waals surface area contributed by atoms with E-state index in [2.05, 4.69) is 20.2 Å². The molecular weight excluding hydrogens is 330 g/mol. The molecule has 2 fully saturated rings. The lowest BCUT2D eigenvalue weighted by molar-refractivity contribution is 0.107. The number of nitrogens with zero attached hydrogens (tertiary/aromatic N) is 4. The lowest BCUT2D eigenvalue weighted by atomic mass is 10.1. The molecule has 1 N–H and O–H groups in total. The maximum absolute atomic E-state index is 12.5. The van der Waals surface area contributed by atoms with E-state index in [9.17, 15) is 4.79 Å². The number of aromatic nitrogens is 4. The zero-order valence-electron chi connectivity index (χ0n) is 15.0. The maximum atomic E-state index is 12.5. The molecule has 1 aliphatic carbocycles. The smallest absolute Gasteiger partial charge is 0.267 e. The summed E-state index contributed by atoms with van der Waals surface area (Å²) >= 11 is 0. The van der Waals surface area contributed by atoms with Gasteiger partial charge in [-0.15, -0.1) is 0 Å². The second kappa shape index (κ2) is 6.63. The van der Waals surface area contributed by atoms with E-state index < -0.39 is 0 Å². The molecule has 1 saturated heterocycles. The number of fused-ring (bicyclic) bond motifs is 1. The van der Waals surface area contributed by atoms with Crippen molar-refractivity contribution in [3.63, 3.8) is 0 Å². The number of hydrogen-bond donors (Lipinski definition) is 1. The Bertz CT molecular complexity index is 854. The Morgan fingerprint density at radius 2 is 2.23 bits per heavy atom. The number of rotatable bonds is 5. The molecule has 138 valence electrons. The number of hydrogen-bond acceptors (Lipinski definition) is 5. The largest absolute Gasteiger partial charge is 0.376 e. The zero-order chi connectivity index (χ0) is 17.5. The van der Waals surface area contributed by atoms with Crippen molar-refractivity contribution >= 4 is 0 Å². The molecule has 0 spiro atoms. The first-order valence-corrected chi connectivity index (χ1v) is 9.72. The Labute approximate surface area is 152 Å². The van der Waals surface area contributed by atoms with Crippen molar-refractivity contribution in [2.75, 3.05) is 13.2 Å². The topological polar surface area (TPSA) is 76.0 Å². The molecule has 1 unspecified atom stereocenters. The third kappa shape index (κ3) is 3.10. The third-order valence-electron chi connectivity index (χ3n) is 5.90. The highest BCUT2D eigenvalue weighted by Crippen LogP contribution is 2.41. The quantitative estimate of drug-likeness (QED) is 0.881. The summed E-state index contributed by atoms with van der Waals surface area (Å²) in [5.41, 5.74) is 4.60. The van der Waals surface area contributed by atoms with E-state index in [1.54, 1.807) is 10.7 Å². The number of aromatic amines is 1. The Morgan fingerprint density at radius 3 is 3.12 bits per heavy atom. The molecule has 1 saturated carbocycles. The van der Waals surface area contributed by atoms with Gasteiger partial charge in [0.05, 0.1) is 31.6 Å². The molecule has 0 radical (unpaired) electrons. The molecular formula is C19H25N5O2. The van der Waals surface area contributed by atoms with Gasteiger partial charge in [-0.25, -0.2) is 4.68 Å². The predicted molar refractivity (Wildman–Crippen MR) is 95.9 cm³/mol. The van der Waals surface area contributed by atoms with Crippen molar-refractivity contribution in [1.82, 2.24) is 24.9 Å². The number of nitrogens with one attached hydrogen (secondary N) is 1. The molecule has 7 heteroatoms. The first kappa shape index (κ1) is 16.2. The summed E-state index contributed by atoms with van der Waals surface area (Å²) in [6.45, 7) is 3.87.